The summed E-state index contributed by atoms with van der Waals surface area (Å²) < 4.78 is 0. The summed E-state index contributed by atoms with van der Waals surface area (Å²) >= 11 is 0. The lowest BCUT2D eigenvalue weighted by molar-refractivity contribution is 0.0656. The highest BCUT2D eigenvalue weighted by Gasteiger charge is 2.39. The Morgan fingerprint density at radius 2 is 1.67 bits per heavy atom. The largest absolute Gasteiger partial charge is 0.300 e. The Hall–Kier alpha value is -0.590. The van der Waals surface area contributed by atoms with Gasteiger partial charge in [0.1, 0.15) is 5.54 Å². The van der Waals surface area contributed by atoms with Crippen LogP contribution in [0.2, 0.25) is 0 Å². The molecule has 0 atom stereocenters. The third-order valence-electron chi connectivity index (χ3n) is 5.18. The molecule has 102 valence electrons. The zero-order valence-electron chi connectivity index (χ0n) is 12.2. The number of hydrogen-bond acceptors (Lipinski definition) is 3. The summed E-state index contributed by atoms with van der Waals surface area (Å²) in [4.78, 5) is 4.80. The molecule has 0 aromatic rings. The summed E-state index contributed by atoms with van der Waals surface area (Å²) in [6.07, 6.45) is 7.17. The number of likely N-dealkylation sites (tertiary alicyclic amines) is 1. The van der Waals surface area contributed by atoms with E-state index in [2.05, 4.69) is 22.8 Å². The van der Waals surface area contributed by atoms with E-state index in [4.69, 9.17) is 0 Å². The summed E-state index contributed by atoms with van der Waals surface area (Å²) in [5, 5.41) is 9.44. The maximum absolute atomic E-state index is 9.44. The first-order chi connectivity index (χ1) is 8.57. The Bertz CT molecular complexity index is 302. The van der Waals surface area contributed by atoms with Gasteiger partial charge in [0.15, 0.2) is 0 Å². The van der Waals surface area contributed by atoms with Crippen LogP contribution in [0, 0.1) is 17.2 Å². The van der Waals surface area contributed by atoms with Gasteiger partial charge in [0.2, 0.25) is 0 Å². The quantitative estimate of drug-likeness (QED) is 0.753. The molecule has 18 heavy (non-hydrogen) atoms. The van der Waals surface area contributed by atoms with Gasteiger partial charge >= 0.3 is 0 Å². The highest BCUT2D eigenvalue weighted by molar-refractivity contribution is 5.10. The minimum Gasteiger partial charge on any atom is -0.300 e. The number of nitriles is 1. The molecule has 1 aliphatic carbocycles. The van der Waals surface area contributed by atoms with Crippen LogP contribution in [0.25, 0.3) is 0 Å². The van der Waals surface area contributed by atoms with Crippen LogP contribution in [0.4, 0.5) is 0 Å². The van der Waals surface area contributed by atoms with Gasteiger partial charge in [-0.1, -0.05) is 6.92 Å². The molecule has 2 rings (SSSR count). The predicted octanol–water partition coefficient (Wildman–Crippen LogP) is 2.48. The van der Waals surface area contributed by atoms with E-state index in [-0.39, 0.29) is 5.54 Å². The van der Waals surface area contributed by atoms with Crippen molar-refractivity contribution in [1.82, 2.24) is 9.80 Å². The van der Waals surface area contributed by atoms with Gasteiger partial charge in [-0.25, -0.2) is 0 Å². The average molecular weight is 249 g/mol. The lowest BCUT2D eigenvalue weighted by Crippen LogP contribution is -2.51. The molecule has 3 heteroatoms. The number of nitrogens with zero attached hydrogens (tertiary/aromatic N) is 3. The molecule has 0 aromatic carbocycles. The fourth-order valence-corrected chi connectivity index (χ4v) is 3.50. The molecule has 0 aromatic heterocycles. The molecular weight excluding hydrogens is 222 g/mol. The Morgan fingerprint density at radius 3 is 2.11 bits per heavy atom. The fourth-order valence-electron chi connectivity index (χ4n) is 3.50. The zero-order chi connectivity index (χ0) is 13.2. The summed E-state index contributed by atoms with van der Waals surface area (Å²) in [5.74, 6) is 0.907. The van der Waals surface area contributed by atoms with E-state index in [0.717, 1.165) is 24.8 Å². The minimum absolute atomic E-state index is 0.195. The van der Waals surface area contributed by atoms with Crippen molar-refractivity contribution < 1.29 is 0 Å². The third kappa shape index (κ3) is 2.70. The molecule has 3 nitrogen and oxygen atoms in total. The molecule has 0 amide bonds. The molecular formula is C15H27N3. The van der Waals surface area contributed by atoms with Crippen molar-refractivity contribution in [3.8, 4) is 6.07 Å². The Balaban J connectivity index is 1.89. The topological polar surface area (TPSA) is 30.3 Å². The van der Waals surface area contributed by atoms with Gasteiger partial charge in [-0.15, -0.1) is 0 Å². The van der Waals surface area contributed by atoms with Crippen LogP contribution >= 0.6 is 0 Å². The van der Waals surface area contributed by atoms with E-state index in [9.17, 15) is 5.26 Å². The lowest BCUT2D eigenvalue weighted by atomic mass is 9.78. The van der Waals surface area contributed by atoms with E-state index in [1.807, 2.05) is 14.1 Å². The maximum atomic E-state index is 9.44. The molecule has 1 heterocycles. The van der Waals surface area contributed by atoms with Crippen molar-refractivity contribution in [3.63, 3.8) is 0 Å². The monoisotopic (exact) mass is 249 g/mol. The van der Waals surface area contributed by atoms with E-state index in [0.29, 0.717) is 0 Å². The van der Waals surface area contributed by atoms with Crippen LogP contribution in [0.15, 0.2) is 0 Å². The van der Waals surface area contributed by atoms with Crippen LogP contribution < -0.4 is 0 Å². The SMILES string of the molecule is CC1CCN(C2CCC(C#N)(N(C)C)CC2)CC1. The smallest absolute Gasteiger partial charge is 0.108 e. The Kier molecular flexibility index (Phi) is 4.29. The second-order valence-corrected chi connectivity index (χ2v) is 6.49. The number of rotatable bonds is 2. The van der Waals surface area contributed by atoms with Gasteiger partial charge in [0.05, 0.1) is 6.07 Å². The van der Waals surface area contributed by atoms with Gasteiger partial charge in [0, 0.05) is 6.04 Å². The predicted molar refractivity (Wildman–Crippen MR) is 74.3 cm³/mol. The van der Waals surface area contributed by atoms with Gasteiger partial charge in [-0.2, -0.15) is 5.26 Å². The van der Waals surface area contributed by atoms with Crippen molar-refractivity contribution in [3.05, 3.63) is 0 Å². The van der Waals surface area contributed by atoms with Gasteiger partial charge < -0.3 is 4.90 Å². The summed E-state index contributed by atoms with van der Waals surface area (Å²) in [7, 11) is 4.10. The van der Waals surface area contributed by atoms with Crippen LogP contribution in [0.3, 0.4) is 0 Å². The standard InChI is InChI=1S/C15H27N3/c1-13-6-10-18(11-7-13)14-4-8-15(12-16,9-5-14)17(2)3/h13-14H,4-11H2,1-3H3. The Labute approximate surface area is 112 Å². The van der Waals surface area contributed by atoms with Crippen molar-refractivity contribution in [2.45, 2.75) is 57.0 Å². The first-order valence-electron chi connectivity index (χ1n) is 7.40. The van der Waals surface area contributed by atoms with Crippen molar-refractivity contribution in [1.29, 1.82) is 5.26 Å². The molecule has 0 radical (unpaired) electrons. The van der Waals surface area contributed by atoms with Crippen LogP contribution in [-0.4, -0.2) is 48.6 Å². The van der Waals surface area contributed by atoms with Gasteiger partial charge in [-0.3, -0.25) is 4.90 Å². The molecule has 0 spiro atoms. The molecule has 2 fully saturated rings. The molecule has 0 N–H and O–H groups in total. The highest BCUT2D eigenvalue weighted by atomic mass is 15.2. The number of hydrogen-bond donors (Lipinski definition) is 0. The molecule has 1 aliphatic heterocycles. The highest BCUT2D eigenvalue weighted by Crippen LogP contribution is 2.35. The van der Waals surface area contributed by atoms with E-state index < -0.39 is 0 Å². The third-order valence-corrected chi connectivity index (χ3v) is 5.18. The van der Waals surface area contributed by atoms with Gasteiger partial charge in [0.25, 0.3) is 0 Å². The first kappa shape index (κ1) is 13.8. The van der Waals surface area contributed by atoms with E-state index >= 15 is 0 Å². The lowest BCUT2D eigenvalue weighted by Gasteiger charge is -2.44. The second-order valence-electron chi connectivity index (χ2n) is 6.49. The van der Waals surface area contributed by atoms with E-state index in [1.165, 1.54) is 38.8 Å². The Morgan fingerprint density at radius 1 is 1.11 bits per heavy atom. The average Bonchev–Trinajstić information content (AvgIpc) is 2.39. The fraction of sp³-hybridized carbons (Fsp3) is 0.933. The molecule has 1 saturated carbocycles. The molecule has 1 saturated heterocycles. The van der Waals surface area contributed by atoms with Crippen LogP contribution in [0.5, 0.6) is 0 Å². The zero-order valence-corrected chi connectivity index (χ0v) is 12.2. The normalized spacial score (nSPS) is 35.6. The van der Waals surface area contributed by atoms with Crippen molar-refractivity contribution >= 4 is 0 Å². The summed E-state index contributed by atoms with van der Waals surface area (Å²) in [5.41, 5.74) is -0.195. The summed E-state index contributed by atoms with van der Waals surface area (Å²) in [6, 6.07) is 3.29. The van der Waals surface area contributed by atoms with Crippen molar-refractivity contribution in [2.75, 3.05) is 27.2 Å². The van der Waals surface area contributed by atoms with Crippen molar-refractivity contribution in [2.24, 2.45) is 5.92 Å². The minimum atomic E-state index is -0.195. The van der Waals surface area contributed by atoms with Crippen LogP contribution in [0.1, 0.15) is 45.4 Å². The second kappa shape index (κ2) is 5.59. The van der Waals surface area contributed by atoms with Crippen LogP contribution in [-0.2, 0) is 0 Å². The molecule has 2 aliphatic rings. The van der Waals surface area contributed by atoms with Gasteiger partial charge in [-0.05, 0) is 71.6 Å². The maximum Gasteiger partial charge on any atom is 0.108 e. The number of piperidine rings is 1. The first-order valence-corrected chi connectivity index (χ1v) is 7.40. The van der Waals surface area contributed by atoms with E-state index in [1.54, 1.807) is 0 Å². The molecule has 0 bridgehead atoms. The summed E-state index contributed by atoms with van der Waals surface area (Å²) in [6.45, 7) is 4.91. The molecule has 0 unspecified atom stereocenters.